The molecule has 0 aliphatic heterocycles. The minimum absolute atomic E-state index is 0.178. The van der Waals surface area contributed by atoms with E-state index in [0.717, 1.165) is 0 Å². The van der Waals surface area contributed by atoms with Crippen molar-refractivity contribution in [1.29, 1.82) is 0 Å². The number of rotatable bonds is 9. The smallest absolute Gasteiger partial charge is 0.335 e. The Morgan fingerprint density at radius 1 is 0.913 bits per heavy atom. The monoisotopic (exact) mass is 323 g/mol. The second kappa shape index (κ2) is 11.9. The zero-order chi connectivity index (χ0) is 17.7. The molecule has 1 aromatic rings. The molecule has 0 saturated carbocycles. The third-order valence-electron chi connectivity index (χ3n) is 3.91. The molecule has 4 nitrogen and oxygen atoms in total. The van der Waals surface area contributed by atoms with Crippen molar-refractivity contribution in [2.45, 2.75) is 53.4 Å². The van der Waals surface area contributed by atoms with Crippen LogP contribution in [-0.2, 0) is 0 Å². The van der Waals surface area contributed by atoms with Crippen LogP contribution in [0, 0.1) is 0 Å². The molecule has 1 aromatic carbocycles. The number of carboxylic acids is 1. The van der Waals surface area contributed by atoms with Gasteiger partial charge >= 0.3 is 5.97 Å². The maximum Gasteiger partial charge on any atom is 0.335 e. The summed E-state index contributed by atoms with van der Waals surface area (Å²) in [7, 11) is 0. The number of hydrogen-bond donors (Lipinski definition) is 1. The van der Waals surface area contributed by atoms with Crippen molar-refractivity contribution in [2.24, 2.45) is 0 Å². The summed E-state index contributed by atoms with van der Waals surface area (Å²) in [5.41, 5.74) is -0.178. The summed E-state index contributed by atoms with van der Waals surface area (Å²) < 4.78 is 1.38. The van der Waals surface area contributed by atoms with E-state index in [1.807, 2.05) is 0 Å². The maximum absolute atomic E-state index is 10.7. The van der Waals surface area contributed by atoms with E-state index < -0.39 is 11.7 Å². The quantitative estimate of drug-likeness (QED) is 0.701. The molecule has 0 atom stereocenters. The minimum atomic E-state index is -1.18. The van der Waals surface area contributed by atoms with Crippen molar-refractivity contribution in [2.75, 3.05) is 26.2 Å². The van der Waals surface area contributed by atoms with E-state index in [1.54, 1.807) is 0 Å². The number of benzene rings is 1. The number of quaternary nitrogens is 1. The average molecular weight is 323 g/mol. The number of para-hydroxylation sites is 1. The van der Waals surface area contributed by atoms with Gasteiger partial charge in [0, 0.05) is 0 Å². The van der Waals surface area contributed by atoms with Gasteiger partial charge in [-0.15, -0.1) is 0 Å². The Morgan fingerprint density at radius 2 is 1.30 bits per heavy atom. The van der Waals surface area contributed by atoms with Gasteiger partial charge in [-0.3, -0.25) is 0 Å². The lowest BCUT2D eigenvalue weighted by Gasteiger charge is -2.38. The van der Waals surface area contributed by atoms with Gasteiger partial charge in [0.2, 0.25) is 0 Å². The predicted octanol–water partition coefficient (Wildman–Crippen LogP) is 3.90. The molecule has 23 heavy (non-hydrogen) atoms. The van der Waals surface area contributed by atoms with Crippen molar-refractivity contribution in [3.63, 3.8) is 0 Å². The first kappa shape index (κ1) is 21.4. The van der Waals surface area contributed by atoms with Gasteiger partial charge in [-0.1, -0.05) is 51.6 Å². The highest BCUT2D eigenvalue weighted by Crippen LogP contribution is 2.12. The predicted molar refractivity (Wildman–Crippen MR) is 93.7 cm³/mol. The Hall–Kier alpha value is -1.55. The van der Waals surface area contributed by atoms with Crippen molar-refractivity contribution < 1.29 is 19.5 Å². The normalized spacial score (nSPS) is 10.8. The Balaban J connectivity index is 0.000000433. The van der Waals surface area contributed by atoms with E-state index >= 15 is 0 Å². The molecule has 0 spiro atoms. The van der Waals surface area contributed by atoms with Crippen LogP contribution in [0.3, 0.4) is 0 Å². The molecule has 0 radical (unpaired) electrons. The molecule has 0 amide bonds. The number of hydrogen-bond acceptors (Lipinski definition) is 2. The van der Waals surface area contributed by atoms with Gasteiger partial charge in [0.25, 0.3) is 0 Å². The summed E-state index contributed by atoms with van der Waals surface area (Å²) >= 11 is 0. The van der Waals surface area contributed by atoms with E-state index in [-0.39, 0.29) is 5.56 Å². The van der Waals surface area contributed by atoms with E-state index in [1.165, 1.54) is 80.6 Å². The molecule has 0 aliphatic carbocycles. The van der Waals surface area contributed by atoms with Crippen molar-refractivity contribution in [3.05, 3.63) is 29.8 Å². The van der Waals surface area contributed by atoms with Crippen LogP contribution in [0.5, 0.6) is 5.75 Å². The number of carbonyl (C=O) groups is 1. The largest absolute Gasteiger partial charge is 0.872 e. The molecule has 4 heteroatoms. The first-order chi connectivity index (χ1) is 11.0. The topological polar surface area (TPSA) is 60.4 Å². The summed E-state index contributed by atoms with van der Waals surface area (Å²) in [6.45, 7) is 14.8. The number of carboxylic acid groups (broad SMARTS) is 1. The molecule has 0 unspecified atom stereocenters. The molecule has 0 aliphatic rings. The van der Waals surface area contributed by atoms with Gasteiger partial charge in [-0.25, -0.2) is 4.79 Å². The van der Waals surface area contributed by atoms with Crippen molar-refractivity contribution >= 4 is 5.97 Å². The van der Waals surface area contributed by atoms with Gasteiger partial charge in [-0.2, -0.15) is 0 Å². The average Bonchev–Trinajstić information content (AvgIpc) is 2.49. The van der Waals surface area contributed by atoms with Crippen LogP contribution in [0.25, 0.3) is 0 Å². The van der Waals surface area contributed by atoms with Gasteiger partial charge in [0.1, 0.15) is 0 Å². The van der Waals surface area contributed by atoms with E-state index in [9.17, 15) is 9.90 Å². The molecule has 0 aromatic heterocycles. The first-order valence-corrected chi connectivity index (χ1v) is 8.80. The van der Waals surface area contributed by atoms with Crippen molar-refractivity contribution in [1.82, 2.24) is 0 Å². The van der Waals surface area contributed by atoms with Crippen molar-refractivity contribution in [3.8, 4) is 5.75 Å². The lowest BCUT2D eigenvalue weighted by atomic mass is 10.2. The highest BCUT2D eigenvalue weighted by atomic mass is 16.4. The molecule has 0 fully saturated rings. The Labute approximate surface area is 141 Å². The SMILES string of the molecule is CCC[N+](CCC)(CCC)CCC.O=C(O)c1ccccc1[O-]. The van der Waals surface area contributed by atoms with Crippen LogP contribution >= 0.6 is 0 Å². The molecule has 0 heterocycles. The zero-order valence-electron chi connectivity index (χ0n) is 15.2. The van der Waals surface area contributed by atoms with Crippen LogP contribution in [0.4, 0.5) is 0 Å². The van der Waals surface area contributed by atoms with Crippen LogP contribution in [-0.4, -0.2) is 41.7 Å². The van der Waals surface area contributed by atoms with Crippen LogP contribution < -0.4 is 5.11 Å². The van der Waals surface area contributed by atoms with Crippen LogP contribution in [0.2, 0.25) is 0 Å². The van der Waals surface area contributed by atoms with E-state index in [0.29, 0.717) is 0 Å². The number of nitrogens with zero attached hydrogens (tertiary/aromatic N) is 1. The molecule has 1 N–H and O–H groups in total. The zero-order valence-corrected chi connectivity index (χ0v) is 15.2. The standard InChI is InChI=1S/C12H28N.C7H6O3/c1-5-9-13(10-6-2,11-7-3)12-8-4;8-6-4-2-1-3-5(6)7(9)10/h5-12H2,1-4H3;1-4,8H,(H,9,10)/q+1;/p-1. The molecule has 132 valence electrons. The number of aromatic carboxylic acids is 1. The fourth-order valence-electron chi connectivity index (χ4n) is 3.21. The van der Waals surface area contributed by atoms with Gasteiger partial charge in [0.15, 0.2) is 0 Å². The summed E-state index contributed by atoms with van der Waals surface area (Å²) in [4.78, 5) is 10.2. The van der Waals surface area contributed by atoms with Crippen LogP contribution in [0.15, 0.2) is 24.3 Å². The Kier molecular flexibility index (Phi) is 11.1. The summed E-state index contributed by atoms with van der Waals surface area (Å²) in [6.07, 6.45) is 5.33. The van der Waals surface area contributed by atoms with Gasteiger partial charge < -0.3 is 14.7 Å². The highest BCUT2D eigenvalue weighted by Gasteiger charge is 2.22. The molecule has 0 saturated heterocycles. The fourth-order valence-corrected chi connectivity index (χ4v) is 3.21. The van der Waals surface area contributed by atoms with E-state index in [2.05, 4.69) is 27.7 Å². The lowest BCUT2D eigenvalue weighted by Crippen LogP contribution is -2.50. The first-order valence-electron chi connectivity index (χ1n) is 8.80. The highest BCUT2D eigenvalue weighted by molar-refractivity contribution is 5.90. The maximum atomic E-state index is 10.7. The summed E-state index contributed by atoms with van der Waals surface area (Å²) in [5.74, 6) is -1.62. The third kappa shape index (κ3) is 8.03. The van der Waals surface area contributed by atoms with Crippen LogP contribution in [0.1, 0.15) is 63.7 Å². The molecular formula is C19H33NO3. The Bertz CT molecular complexity index is 416. The fraction of sp³-hybridized carbons (Fsp3) is 0.632. The molecule has 1 rings (SSSR count). The summed E-state index contributed by atoms with van der Waals surface area (Å²) in [6, 6.07) is 5.54. The third-order valence-corrected chi connectivity index (χ3v) is 3.91. The van der Waals surface area contributed by atoms with E-state index in [4.69, 9.17) is 5.11 Å². The van der Waals surface area contributed by atoms with Gasteiger partial charge in [-0.05, 0) is 31.7 Å². The lowest BCUT2D eigenvalue weighted by molar-refractivity contribution is -0.928. The minimum Gasteiger partial charge on any atom is -0.872 e. The second-order valence-electron chi connectivity index (χ2n) is 6.04. The summed E-state index contributed by atoms with van der Waals surface area (Å²) in [5, 5.41) is 19.0. The Morgan fingerprint density at radius 3 is 1.57 bits per heavy atom. The van der Waals surface area contributed by atoms with Gasteiger partial charge in [0.05, 0.1) is 31.7 Å². The molecule has 0 bridgehead atoms. The molecular weight excluding hydrogens is 290 g/mol. The second-order valence-corrected chi connectivity index (χ2v) is 6.04.